The molecule has 3 aromatic rings. The van der Waals surface area contributed by atoms with E-state index in [4.69, 9.17) is 9.47 Å². The molecule has 190 valence electrons. The minimum atomic E-state index is -0.547. The highest BCUT2D eigenvalue weighted by molar-refractivity contribution is 5.97. The number of para-hydroxylation sites is 2. The molecule has 1 fully saturated rings. The van der Waals surface area contributed by atoms with Crippen LogP contribution in [0.15, 0.2) is 42.5 Å². The zero-order valence-electron chi connectivity index (χ0n) is 21.4. The molecule has 0 spiro atoms. The van der Waals surface area contributed by atoms with Gasteiger partial charge in [0.2, 0.25) is 11.8 Å². The molecule has 2 atom stereocenters. The third-order valence-corrected chi connectivity index (χ3v) is 7.60. The van der Waals surface area contributed by atoms with Gasteiger partial charge in [-0.15, -0.1) is 0 Å². The zero-order chi connectivity index (χ0) is 25.2. The second-order valence-corrected chi connectivity index (χ2v) is 9.74. The molecule has 7 heteroatoms. The lowest BCUT2D eigenvalue weighted by Gasteiger charge is -2.47. The first-order valence-corrected chi connectivity index (χ1v) is 13.0. The van der Waals surface area contributed by atoms with Gasteiger partial charge < -0.3 is 24.3 Å². The summed E-state index contributed by atoms with van der Waals surface area (Å²) in [4.78, 5) is 34.7. The minimum absolute atomic E-state index is 0.0349. The molecule has 5 rings (SSSR count). The number of hydrogen-bond acceptors (Lipinski definition) is 4. The summed E-state index contributed by atoms with van der Waals surface area (Å²) in [6.45, 7) is 2.94. The summed E-state index contributed by atoms with van der Waals surface area (Å²) in [5.41, 5.74) is 3.84. The van der Waals surface area contributed by atoms with E-state index in [1.54, 1.807) is 24.0 Å². The van der Waals surface area contributed by atoms with Crippen molar-refractivity contribution in [2.75, 3.05) is 27.3 Å². The number of rotatable bonds is 9. The van der Waals surface area contributed by atoms with E-state index in [0.29, 0.717) is 24.5 Å². The Labute approximate surface area is 212 Å². The predicted octanol–water partition coefficient (Wildman–Crippen LogP) is 4.84. The molecule has 2 aliphatic rings. The van der Waals surface area contributed by atoms with Crippen LogP contribution in [0.5, 0.6) is 11.5 Å². The molecule has 1 N–H and O–H groups in total. The minimum Gasteiger partial charge on any atom is -0.493 e. The molecule has 1 unspecified atom stereocenters. The number of hydrogen-bond donors (Lipinski definition) is 1. The number of unbranched alkanes of at least 4 members (excludes halogenated alkanes) is 4. The van der Waals surface area contributed by atoms with Gasteiger partial charge in [0.1, 0.15) is 12.1 Å². The Hall–Kier alpha value is -3.48. The summed E-state index contributed by atoms with van der Waals surface area (Å²) in [6, 6.07) is 12.8. The summed E-state index contributed by atoms with van der Waals surface area (Å²) in [5, 5.41) is 1.09. The number of nitrogens with zero attached hydrogens (tertiary/aromatic N) is 2. The molecule has 2 amide bonds. The molecule has 0 saturated carbocycles. The van der Waals surface area contributed by atoms with E-state index in [2.05, 4.69) is 18.0 Å². The smallest absolute Gasteiger partial charge is 0.246 e. The van der Waals surface area contributed by atoms with E-state index >= 15 is 0 Å². The van der Waals surface area contributed by atoms with Crippen LogP contribution >= 0.6 is 0 Å². The molecule has 0 aliphatic carbocycles. The van der Waals surface area contributed by atoms with Crippen LogP contribution in [0.4, 0.5) is 0 Å². The van der Waals surface area contributed by atoms with E-state index in [0.717, 1.165) is 40.6 Å². The van der Waals surface area contributed by atoms with E-state index < -0.39 is 12.1 Å². The molecular formula is C29H35N3O4. The SMILES string of the molecule is CCCCCCCN1CC(=O)N2C(c3cccc(OC)c3OC)c3[nH]c4ccccc4c3C[C@H]2C1=O. The number of carbonyl (C=O) groups excluding carboxylic acids is 2. The molecule has 2 aromatic carbocycles. The van der Waals surface area contributed by atoms with Gasteiger partial charge in [-0.2, -0.15) is 0 Å². The summed E-state index contributed by atoms with van der Waals surface area (Å²) < 4.78 is 11.4. The third kappa shape index (κ3) is 4.10. The Morgan fingerprint density at radius 2 is 1.78 bits per heavy atom. The maximum Gasteiger partial charge on any atom is 0.246 e. The lowest BCUT2D eigenvalue weighted by molar-refractivity contribution is -0.158. The quantitative estimate of drug-likeness (QED) is 0.437. The van der Waals surface area contributed by atoms with Gasteiger partial charge in [-0.3, -0.25) is 9.59 Å². The molecule has 0 bridgehead atoms. The molecule has 2 aliphatic heterocycles. The summed E-state index contributed by atoms with van der Waals surface area (Å²) in [7, 11) is 3.21. The highest BCUT2D eigenvalue weighted by Gasteiger charge is 2.48. The van der Waals surface area contributed by atoms with Crippen molar-refractivity contribution in [3.05, 3.63) is 59.3 Å². The number of amides is 2. The largest absolute Gasteiger partial charge is 0.493 e. The Kier molecular flexibility index (Phi) is 6.90. The average Bonchev–Trinajstić information content (AvgIpc) is 3.28. The molecule has 1 aromatic heterocycles. The standard InChI is InChI=1S/C29H35N3O4/c1-4-5-6-7-10-16-31-18-25(33)32-23(29(31)34)17-21-19-12-8-9-14-22(19)30-26(21)27(32)20-13-11-15-24(35-2)28(20)36-3/h8-9,11-15,23,27,30H,4-7,10,16-18H2,1-3H3/t23-,27?/m0/s1. The third-order valence-electron chi connectivity index (χ3n) is 7.60. The van der Waals surface area contributed by atoms with Crippen molar-refractivity contribution in [1.29, 1.82) is 0 Å². The molecule has 0 radical (unpaired) electrons. The number of fused-ring (bicyclic) bond motifs is 4. The fourth-order valence-electron chi connectivity index (χ4n) is 5.87. The van der Waals surface area contributed by atoms with Crippen LogP contribution in [-0.2, 0) is 16.0 Å². The van der Waals surface area contributed by atoms with Crippen LogP contribution in [0.2, 0.25) is 0 Å². The van der Waals surface area contributed by atoms with Crippen LogP contribution in [-0.4, -0.2) is 59.9 Å². The number of aromatic amines is 1. The van der Waals surface area contributed by atoms with Crippen molar-refractivity contribution in [3.63, 3.8) is 0 Å². The first-order chi connectivity index (χ1) is 17.6. The van der Waals surface area contributed by atoms with Gasteiger partial charge in [-0.1, -0.05) is 62.9 Å². The van der Waals surface area contributed by atoms with Gasteiger partial charge in [-0.05, 0) is 24.1 Å². The van der Waals surface area contributed by atoms with Crippen LogP contribution in [0, 0.1) is 0 Å². The first-order valence-electron chi connectivity index (χ1n) is 13.0. The van der Waals surface area contributed by atoms with Crippen molar-refractivity contribution in [2.24, 2.45) is 0 Å². The highest BCUT2D eigenvalue weighted by Crippen LogP contribution is 2.46. The Morgan fingerprint density at radius 3 is 2.56 bits per heavy atom. The molecule has 3 heterocycles. The predicted molar refractivity (Wildman–Crippen MR) is 139 cm³/mol. The second-order valence-electron chi connectivity index (χ2n) is 9.74. The number of piperazine rings is 1. The molecule has 36 heavy (non-hydrogen) atoms. The second kappa shape index (κ2) is 10.2. The van der Waals surface area contributed by atoms with Crippen LogP contribution in [0.1, 0.15) is 61.9 Å². The first kappa shape index (κ1) is 24.2. The van der Waals surface area contributed by atoms with Gasteiger partial charge >= 0.3 is 0 Å². The fourth-order valence-corrected chi connectivity index (χ4v) is 5.87. The maximum atomic E-state index is 13.8. The van der Waals surface area contributed by atoms with Gasteiger partial charge in [0.15, 0.2) is 11.5 Å². The summed E-state index contributed by atoms with van der Waals surface area (Å²) in [6.07, 6.45) is 6.06. The molecule has 7 nitrogen and oxygen atoms in total. The van der Waals surface area contributed by atoms with Crippen LogP contribution < -0.4 is 9.47 Å². The highest BCUT2D eigenvalue weighted by atomic mass is 16.5. The van der Waals surface area contributed by atoms with Crippen LogP contribution in [0.25, 0.3) is 10.9 Å². The lowest BCUT2D eigenvalue weighted by Crippen LogP contribution is -2.63. The topological polar surface area (TPSA) is 74.9 Å². The van der Waals surface area contributed by atoms with E-state index in [1.165, 1.54) is 19.3 Å². The van der Waals surface area contributed by atoms with E-state index in [1.807, 2.05) is 36.4 Å². The van der Waals surface area contributed by atoms with Gasteiger partial charge in [-0.25, -0.2) is 0 Å². The van der Waals surface area contributed by atoms with E-state index in [-0.39, 0.29) is 18.4 Å². The Bertz CT molecular complexity index is 1270. The van der Waals surface area contributed by atoms with Gasteiger partial charge in [0.25, 0.3) is 0 Å². The van der Waals surface area contributed by atoms with Crippen molar-refractivity contribution in [3.8, 4) is 11.5 Å². The van der Waals surface area contributed by atoms with E-state index in [9.17, 15) is 9.59 Å². The monoisotopic (exact) mass is 489 g/mol. The van der Waals surface area contributed by atoms with Crippen LogP contribution in [0.3, 0.4) is 0 Å². The van der Waals surface area contributed by atoms with Crippen molar-refractivity contribution in [2.45, 2.75) is 57.5 Å². The average molecular weight is 490 g/mol. The van der Waals surface area contributed by atoms with Crippen molar-refractivity contribution < 1.29 is 19.1 Å². The summed E-state index contributed by atoms with van der Waals surface area (Å²) in [5.74, 6) is 1.17. The number of carbonyl (C=O) groups is 2. The molecular weight excluding hydrogens is 454 g/mol. The summed E-state index contributed by atoms with van der Waals surface area (Å²) >= 11 is 0. The van der Waals surface area contributed by atoms with Crippen molar-refractivity contribution in [1.82, 2.24) is 14.8 Å². The molecule has 1 saturated heterocycles. The van der Waals surface area contributed by atoms with Gasteiger partial charge in [0, 0.05) is 35.1 Å². The zero-order valence-corrected chi connectivity index (χ0v) is 21.4. The number of nitrogens with one attached hydrogen (secondary N) is 1. The maximum absolute atomic E-state index is 13.8. The Morgan fingerprint density at radius 1 is 0.972 bits per heavy atom. The Balaban J connectivity index is 1.57. The number of methoxy groups -OCH3 is 2. The fraction of sp³-hybridized carbons (Fsp3) is 0.448. The normalized spacial score (nSPS) is 19.4. The number of benzene rings is 2. The van der Waals surface area contributed by atoms with Crippen molar-refractivity contribution >= 4 is 22.7 Å². The number of aromatic nitrogens is 1. The van der Waals surface area contributed by atoms with Gasteiger partial charge in [0.05, 0.1) is 20.8 Å². The number of ether oxygens (including phenoxy) is 2. The number of H-pyrrole nitrogens is 1. The lowest BCUT2D eigenvalue weighted by atomic mass is 9.85.